The summed E-state index contributed by atoms with van der Waals surface area (Å²) < 4.78 is 6.19. The highest BCUT2D eigenvalue weighted by Gasteiger charge is 2.43. The Morgan fingerprint density at radius 3 is 2.61 bits per heavy atom. The smallest absolute Gasteiger partial charge is 0.330 e. The van der Waals surface area contributed by atoms with Crippen LogP contribution in [0.4, 0.5) is 0 Å². The molecule has 0 amide bonds. The first-order valence-electron chi connectivity index (χ1n) is 5.09. The van der Waals surface area contributed by atoms with Crippen LogP contribution in [0.1, 0.15) is 6.23 Å². The Morgan fingerprint density at radius 1 is 1.39 bits per heavy atom. The van der Waals surface area contributed by atoms with Crippen molar-refractivity contribution in [1.82, 2.24) is 9.55 Å². The first-order chi connectivity index (χ1) is 8.45. The zero-order valence-corrected chi connectivity index (χ0v) is 10.6. The molecule has 1 aliphatic rings. The molecule has 18 heavy (non-hydrogen) atoms. The molecule has 0 saturated carbocycles. The lowest BCUT2D eigenvalue weighted by Crippen LogP contribution is -2.38. The Bertz CT molecular complexity index is 555. The van der Waals surface area contributed by atoms with Crippen LogP contribution in [0.5, 0.6) is 0 Å². The van der Waals surface area contributed by atoms with Gasteiger partial charge in [0.2, 0.25) is 0 Å². The van der Waals surface area contributed by atoms with E-state index in [1.807, 2.05) is 4.98 Å². The summed E-state index contributed by atoms with van der Waals surface area (Å²) in [5.74, 6) is 0. The summed E-state index contributed by atoms with van der Waals surface area (Å²) >= 11 is 2.94. The van der Waals surface area contributed by atoms with Gasteiger partial charge in [-0.2, -0.15) is 0 Å². The number of aromatic amines is 1. The van der Waals surface area contributed by atoms with Gasteiger partial charge in [0.15, 0.2) is 6.23 Å². The SMILES string of the molecule is O=c1[nH]c(=O)n([C@H]2O[C@@H](CO)[C@@H](O)[C@H]2O)cc1Br. The van der Waals surface area contributed by atoms with Gasteiger partial charge in [-0.1, -0.05) is 0 Å². The van der Waals surface area contributed by atoms with E-state index in [2.05, 4.69) is 15.9 Å². The first kappa shape index (κ1) is 13.4. The number of nitrogens with one attached hydrogen (secondary N) is 1. The van der Waals surface area contributed by atoms with E-state index in [1.165, 1.54) is 0 Å². The van der Waals surface area contributed by atoms with Crippen LogP contribution in [0.25, 0.3) is 0 Å². The average molecular weight is 323 g/mol. The highest BCUT2D eigenvalue weighted by Crippen LogP contribution is 2.28. The van der Waals surface area contributed by atoms with Crippen molar-refractivity contribution >= 4 is 15.9 Å². The number of halogens is 1. The number of aliphatic hydroxyl groups is 3. The normalized spacial score (nSPS) is 31.8. The Labute approximate surface area is 109 Å². The molecule has 0 bridgehead atoms. The Balaban J connectivity index is 2.42. The molecule has 0 spiro atoms. The summed E-state index contributed by atoms with van der Waals surface area (Å²) in [7, 11) is 0. The van der Waals surface area contributed by atoms with Gasteiger partial charge in [-0.3, -0.25) is 14.3 Å². The molecule has 0 unspecified atom stereocenters. The number of rotatable bonds is 2. The number of ether oxygens (including phenoxy) is 1. The van der Waals surface area contributed by atoms with Gasteiger partial charge in [0.1, 0.15) is 18.3 Å². The van der Waals surface area contributed by atoms with E-state index in [9.17, 15) is 19.8 Å². The fraction of sp³-hybridized carbons (Fsp3) is 0.556. The Kier molecular flexibility index (Phi) is 3.69. The third kappa shape index (κ3) is 2.15. The van der Waals surface area contributed by atoms with Crippen LogP contribution in [-0.2, 0) is 4.74 Å². The highest BCUT2D eigenvalue weighted by molar-refractivity contribution is 9.10. The van der Waals surface area contributed by atoms with E-state index in [0.717, 1.165) is 10.8 Å². The van der Waals surface area contributed by atoms with E-state index < -0.39 is 42.4 Å². The van der Waals surface area contributed by atoms with Crippen molar-refractivity contribution in [3.8, 4) is 0 Å². The Hall–Kier alpha value is -1.00. The molecule has 0 radical (unpaired) electrons. The topological polar surface area (TPSA) is 125 Å². The van der Waals surface area contributed by atoms with Gasteiger partial charge in [-0.05, 0) is 15.9 Å². The third-order valence-corrected chi connectivity index (χ3v) is 3.28. The van der Waals surface area contributed by atoms with E-state index >= 15 is 0 Å². The summed E-state index contributed by atoms with van der Waals surface area (Å²) in [4.78, 5) is 24.8. The average Bonchev–Trinajstić information content (AvgIpc) is 2.61. The van der Waals surface area contributed by atoms with Gasteiger partial charge >= 0.3 is 5.69 Å². The molecule has 4 atom stereocenters. The van der Waals surface area contributed by atoms with Gasteiger partial charge in [0.05, 0.1) is 11.1 Å². The van der Waals surface area contributed by atoms with Crippen molar-refractivity contribution in [2.45, 2.75) is 24.5 Å². The Morgan fingerprint density at radius 2 is 2.06 bits per heavy atom. The summed E-state index contributed by atoms with van der Waals surface area (Å²) in [6.45, 7) is -0.492. The van der Waals surface area contributed by atoms with E-state index in [1.54, 1.807) is 0 Å². The standard InChI is InChI=1S/C9H11BrN2O6/c10-3-1-12(9(17)11-7(3)16)8-6(15)5(14)4(2-13)18-8/h1,4-6,8,13-15H,2H2,(H,11,16,17)/t4-,5+,6+,8-/m0/s1. The molecule has 1 aromatic heterocycles. The van der Waals surface area contributed by atoms with Crippen molar-refractivity contribution < 1.29 is 20.1 Å². The number of hydrogen-bond acceptors (Lipinski definition) is 6. The van der Waals surface area contributed by atoms with Crippen molar-refractivity contribution in [1.29, 1.82) is 0 Å². The summed E-state index contributed by atoms with van der Waals surface area (Å²) in [6.07, 6.45) is -3.68. The molecule has 1 fully saturated rings. The van der Waals surface area contributed by atoms with Crippen LogP contribution < -0.4 is 11.2 Å². The summed E-state index contributed by atoms with van der Waals surface area (Å²) in [5, 5.41) is 28.3. The molecular formula is C9H11BrN2O6. The minimum Gasteiger partial charge on any atom is -0.394 e. The fourth-order valence-electron chi connectivity index (χ4n) is 1.76. The van der Waals surface area contributed by atoms with Gasteiger partial charge in [-0.25, -0.2) is 4.79 Å². The lowest BCUT2D eigenvalue weighted by atomic mass is 10.1. The third-order valence-electron chi connectivity index (χ3n) is 2.72. The fourth-order valence-corrected chi connectivity index (χ4v) is 2.08. The van der Waals surface area contributed by atoms with E-state index in [-0.39, 0.29) is 4.47 Å². The van der Waals surface area contributed by atoms with Gasteiger partial charge in [0.25, 0.3) is 5.56 Å². The summed E-state index contributed by atoms with van der Waals surface area (Å²) in [6, 6.07) is 0. The maximum Gasteiger partial charge on any atom is 0.330 e. The first-order valence-corrected chi connectivity index (χ1v) is 5.88. The lowest BCUT2D eigenvalue weighted by Gasteiger charge is -2.17. The minimum absolute atomic E-state index is 0.0832. The summed E-state index contributed by atoms with van der Waals surface area (Å²) in [5.41, 5.74) is -1.39. The predicted molar refractivity (Wildman–Crippen MR) is 62.0 cm³/mol. The molecular weight excluding hydrogens is 312 g/mol. The number of nitrogens with zero attached hydrogens (tertiary/aromatic N) is 1. The highest BCUT2D eigenvalue weighted by atomic mass is 79.9. The van der Waals surface area contributed by atoms with Crippen molar-refractivity contribution in [3.05, 3.63) is 31.5 Å². The maximum absolute atomic E-state index is 11.6. The number of hydrogen-bond donors (Lipinski definition) is 4. The number of aliphatic hydroxyl groups excluding tert-OH is 3. The van der Waals surface area contributed by atoms with Crippen LogP contribution in [0.3, 0.4) is 0 Å². The van der Waals surface area contributed by atoms with Crippen molar-refractivity contribution in [3.63, 3.8) is 0 Å². The second-order valence-corrected chi connectivity index (χ2v) is 4.73. The number of H-pyrrole nitrogens is 1. The van der Waals surface area contributed by atoms with Gasteiger partial charge < -0.3 is 20.1 Å². The molecule has 2 heterocycles. The second-order valence-electron chi connectivity index (χ2n) is 3.87. The molecule has 0 aliphatic carbocycles. The lowest BCUT2D eigenvalue weighted by molar-refractivity contribution is -0.0551. The zero-order chi connectivity index (χ0) is 13.4. The minimum atomic E-state index is -1.38. The van der Waals surface area contributed by atoms with Crippen LogP contribution in [0.2, 0.25) is 0 Å². The van der Waals surface area contributed by atoms with Gasteiger partial charge in [-0.15, -0.1) is 0 Å². The monoisotopic (exact) mass is 322 g/mol. The maximum atomic E-state index is 11.6. The predicted octanol–water partition coefficient (Wildman–Crippen LogP) is -2.09. The van der Waals surface area contributed by atoms with Crippen molar-refractivity contribution in [2.24, 2.45) is 0 Å². The molecule has 8 nitrogen and oxygen atoms in total. The van der Waals surface area contributed by atoms with Crippen LogP contribution in [-0.4, -0.2) is 49.8 Å². The van der Waals surface area contributed by atoms with E-state index in [4.69, 9.17) is 9.84 Å². The largest absolute Gasteiger partial charge is 0.394 e. The molecule has 4 N–H and O–H groups in total. The quantitative estimate of drug-likeness (QED) is 0.495. The second kappa shape index (κ2) is 4.94. The molecule has 2 rings (SSSR count). The molecule has 1 aromatic rings. The van der Waals surface area contributed by atoms with Crippen LogP contribution in [0.15, 0.2) is 20.3 Å². The molecule has 100 valence electrons. The zero-order valence-electron chi connectivity index (χ0n) is 8.99. The van der Waals surface area contributed by atoms with E-state index in [0.29, 0.717) is 0 Å². The molecule has 9 heteroatoms. The van der Waals surface area contributed by atoms with Gasteiger partial charge in [0, 0.05) is 6.20 Å². The van der Waals surface area contributed by atoms with Crippen LogP contribution in [0, 0.1) is 0 Å². The van der Waals surface area contributed by atoms with Crippen molar-refractivity contribution in [2.75, 3.05) is 6.61 Å². The molecule has 1 saturated heterocycles. The van der Waals surface area contributed by atoms with Crippen LogP contribution >= 0.6 is 15.9 Å². The molecule has 1 aliphatic heterocycles. The molecule has 0 aromatic carbocycles. The number of aromatic nitrogens is 2.